The van der Waals surface area contributed by atoms with Gasteiger partial charge in [0.05, 0.1) is 0 Å². The molecule has 0 bridgehead atoms. The van der Waals surface area contributed by atoms with Crippen molar-refractivity contribution in [1.29, 1.82) is 0 Å². The van der Waals surface area contributed by atoms with E-state index in [2.05, 4.69) is 24.9 Å². The van der Waals surface area contributed by atoms with Crippen molar-refractivity contribution in [1.82, 2.24) is 4.98 Å². The zero-order valence-corrected chi connectivity index (χ0v) is 9.16. The monoisotopic (exact) mass is 192 g/mol. The van der Waals surface area contributed by atoms with Crippen LogP contribution in [0.5, 0.6) is 0 Å². The fraction of sp³-hybridized carbons (Fsp3) is 0.583. The van der Waals surface area contributed by atoms with Crippen LogP contribution in [0.25, 0.3) is 0 Å². The summed E-state index contributed by atoms with van der Waals surface area (Å²) in [7, 11) is 0. The van der Waals surface area contributed by atoms with Gasteiger partial charge < -0.3 is 5.73 Å². The maximum atomic E-state index is 5.95. The maximum absolute atomic E-state index is 5.95. The number of aromatic nitrogens is 1. The van der Waals surface area contributed by atoms with E-state index in [1.807, 2.05) is 12.4 Å². The smallest absolute Gasteiger partial charge is 0.0300 e. The Balaban J connectivity index is 2.37. The van der Waals surface area contributed by atoms with Crippen LogP contribution in [0.1, 0.15) is 37.3 Å². The van der Waals surface area contributed by atoms with E-state index in [1.165, 1.54) is 17.5 Å². The summed E-state index contributed by atoms with van der Waals surface area (Å²) < 4.78 is 0. The summed E-state index contributed by atoms with van der Waals surface area (Å²) in [6.45, 7) is 4.25. The Labute approximate surface area is 86.5 Å². The lowest BCUT2D eigenvalue weighted by molar-refractivity contribution is 0.560. The Hall–Kier alpha value is -0.890. The summed E-state index contributed by atoms with van der Waals surface area (Å²) >= 11 is 0. The molecule has 2 heteroatoms. The molecule has 1 unspecified atom stereocenters. The van der Waals surface area contributed by atoms with Crippen LogP contribution in [0.2, 0.25) is 0 Å². The molecule has 14 heavy (non-hydrogen) atoms. The van der Waals surface area contributed by atoms with Gasteiger partial charge >= 0.3 is 0 Å². The van der Waals surface area contributed by atoms with Crippen LogP contribution >= 0.6 is 0 Å². The van der Waals surface area contributed by atoms with Gasteiger partial charge in [0.25, 0.3) is 0 Å². The number of rotatable bonds is 5. The minimum atomic E-state index is 0.348. The van der Waals surface area contributed by atoms with Gasteiger partial charge in [0.1, 0.15) is 0 Å². The number of aryl methyl sites for hydroxylation is 2. The lowest BCUT2D eigenvalue weighted by atomic mass is 10.0. The van der Waals surface area contributed by atoms with Crippen molar-refractivity contribution in [3.63, 3.8) is 0 Å². The highest BCUT2D eigenvalue weighted by Crippen LogP contribution is 2.07. The molecule has 0 radical (unpaired) electrons. The molecule has 0 saturated heterocycles. The third-order valence-corrected chi connectivity index (χ3v) is 2.39. The zero-order chi connectivity index (χ0) is 10.4. The van der Waals surface area contributed by atoms with E-state index < -0.39 is 0 Å². The molecule has 0 amide bonds. The molecular weight excluding hydrogens is 172 g/mol. The standard InChI is InChI=1S/C12H20N2/c1-3-4-12(13)6-5-11-7-10(2)8-14-9-11/h7-9,12H,3-6,13H2,1-2H3. The molecule has 78 valence electrons. The number of pyridine rings is 1. The first kappa shape index (κ1) is 11.2. The molecule has 1 aromatic heterocycles. The summed E-state index contributed by atoms with van der Waals surface area (Å²) in [6.07, 6.45) is 8.24. The van der Waals surface area contributed by atoms with Crippen molar-refractivity contribution in [3.8, 4) is 0 Å². The van der Waals surface area contributed by atoms with Gasteiger partial charge in [-0.3, -0.25) is 4.98 Å². The van der Waals surface area contributed by atoms with Gasteiger partial charge in [-0.15, -0.1) is 0 Å². The molecule has 0 aliphatic heterocycles. The number of hydrogen-bond donors (Lipinski definition) is 1. The highest BCUT2D eigenvalue weighted by molar-refractivity contribution is 5.16. The zero-order valence-electron chi connectivity index (χ0n) is 9.16. The van der Waals surface area contributed by atoms with Gasteiger partial charge in [0.2, 0.25) is 0 Å². The van der Waals surface area contributed by atoms with E-state index >= 15 is 0 Å². The second-order valence-electron chi connectivity index (χ2n) is 3.96. The summed E-state index contributed by atoms with van der Waals surface area (Å²) in [5, 5.41) is 0. The molecule has 0 saturated carbocycles. The first-order valence-corrected chi connectivity index (χ1v) is 5.38. The van der Waals surface area contributed by atoms with Crippen LogP contribution in [-0.4, -0.2) is 11.0 Å². The third-order valence-electron chi connectivity index (χ3n) is 2.39. The lowest BCUT2D eigenvalue weighted by Crippen LogP contribution is -2.20. The Bertz CT molecular complexity index is 271. The van der Waals surface area contributed by atoms with E-state index in [0.29, 0.717) is 6.04 Å². The molecule has 1 atom stereocenters. The fourth-order valence-corrected chi connectivity index (χ4v) is 1.62. The maximum Gasteiger partial charge on any atom is 0.0300 e. The first-order valence-electron chi connectivity index (χ1n) is 5.38. The normalized spacial score (nSPS) is 12.8. The van der Waals surface area contributed by atoms with Crippen molar-refractivity contribution in [3.05, 3.63) is 29.6 Å². The van der Waals surface area contributed by atoms with Crippen LogP contribution in [0.3, 0.4) is 0 Å². The molecule has 0 aromatic carbocycles. The minimum Gasteiger partial charge on any atom is -0.328 e. The predicted octanol–water partition coefficient (Wildman–Crippen LogP) is 2.45. The molecule has 0 fully saturated rings. The van der Waals surface area contributed by atoms with Gasteiger partial charge in [0, 0.05) is 18.4 Å². The second-order valence-corrected chi connectivity index (χ2v) is 3.96. The molecule has 0 aliphatic carbocycles. The number of hydrogen-bond acceptors (Lipinski definition) is 2. The number of nitrogens with two attached hydrogens (primary N) is 1. The van der Waals surface area contributed by atoms with Crippen molar-refractivity contribution < 1.29 is 0 Å². The molecular formula is C12H20N2. The van der Waals surface area contributed by atoms with Crippen molar-refractivity contribution in [2.24, 2.45) is 5.73 Å². The van der Waals surface area contributed by atoms with Crippen LogP contribution in [0, 0.1) is 6.92 Å². The quantitative estimate of drug-likeness (QED) is 0.778. The van der Waals surface area contributed by atoms with Crippen molar-refractivity contribution in [2.45, 2.75) is 45.6 Å². The highest BCUT2D eigenvalue weighted by atomic mass is 14.6. The largest absolute Gasteiger partial charge is 0.328 e. The van der Waals surface area contributed by atoms with E-state index in [1.54, 1.807) is 0 Å². The topological polar surface area (TPSA) is 38.9 Å². The van der Waals surface area contributed by atoms with Crippen LogP contribution in [-0.2, 0) is 6.42 Å². The molecule has 0 spiro atoms. The minimum absolute atomic E-state index is 0.348. The number of nitrogens with zero attached hydrogens (tertiary/aromatic N) is 1. The van der Waals surface area contributed by atoms with Gasteiger partial charge in [0.15, 0.2) is 0 Å². The molecule has 2 nitrogen and oxygen atoms in total. The van der Waals surface area contributed by atoms with Crippen molar-refractivity contribution >= 4 is 0 Å². The van der Waals surface area contributed by atoms with Crippen LogP contribution in [0.4, 0.5) is 0 Å². The van der Waals surface area contributed by atoms with Gasteiger partial charge in [-0.25, -0.2) is 0 Å². The second kappa shape index (κ2) is 5.76. The summed E-state index contributed by atoms with van der Waals surface area (Å²) in [4.78, 5) is 4.17. The summed E-state index contributed by atoms with van der Waals surface area (Å²) in [6, 6.07) is 2.53. The predicted molar refractivity (Wildman–Crippen MR) is 60.2 cm³/mol. The third kappa shape index (κ3) is 3.88. The molecule has 1 heterocycles. The molecule has 1 aromatic rings. The summed E-state index contributed by atoms with van der Waals surface area (Å²) in [5.74, 6) is 0. The molecule has 1 rings (SSSR count). The Morgan fingerprint density at radius 2 is 2.14 bits per heavy atom. The van der Waals surface area contributed by atoms with Gasteiger partial charge in [-0.05, 0) is 37.3 Å². The van der Waals surface area contributed by atoms with Crippen molar-refractivity contribution in [2.75, 3.05) is 0 Å². The average molecular weight is 192 g/mol. The van der Waals surface area contributed by atoms with Crippen LogP contribution in [0.15, 0.2) is 18.5 Å². The molecule has 2 N–H and O–H groups in total. The van der Waals surface area contributed by atoms with E-state index in [9.17, 15) is 0 Å². The SMILES string of the molecule is CCCC(N)CCc1cncc(C)c1. The average Bonchev–Trinajstić information content (AvgIpc) is 2.15. The van der Waals surface area contributed by atoms with E-state index in [4.69, 9.17) is 5.73 Å². The Kier molecular flexibility index (Phi) is 4.60. The van der Waals surface area contributed by atoms with Gasteiger partial charge in [-0.2, -0.15) is 0 Å². The van der Waals surface area contributed by atoms with Gasteiger partial charge in [-0.1, -0.05) is 19.4 Å². The highest BCUT2D eigenvalue weighted by Gasteiger charge is 2.01. The Morgan fingerprint density at radius 1 is 1.36 bits per heavy atom. The molecule has 0 aliphatic rings. The summed E-state index contributed by atoms with van der Waals surface area (Å²) in [5.41, 5.74) is 8.48. The fourth-order valence-electron chi connectivity index (χ4n) is 1.62. The van der Waals surface area contributed by atoms with Crippen LogP contribution < -0.4 is 5.73 Å². The first-order chi connectivity index (χ1) is 6.72. The van der Waals surface area contributed by atoms with E-state index in [0.717, 1.165) is 19.3 Å². The Morgan fingerprint density at radius 3 is 2.79 bits per heavy atom. The van der Waals surface area contributed by atoms with E-state index in [-0.39, 0.29) is 0 Å². The lowest BCUT2D eigenvalue weighted by Gasteiger charge is -2.09.